The van der Waals surface area contributed by atoms with Crippen molar-refractivity contribution >= 4 is 5.69 Å². The highest BCUT2D eigenvalue weighted by Gasteiger charge is 2.36. The number of piperazine rings is 1. The number of nitrogens with one attached hydrogen (secondary N) is 1. The molecule has 2 nitrogen and oxygen atoms in total. The second kappa shape index (κ2) is 4.76. The van der Waals surface area contributed by atoms with Gasteiger partial charge in [-0.05, 0) is 19.1 Å². The fourth-order valence-electron chi connectivity index (χ4n) is 2.16. The number of anilines is 1. The molecule has 1 aromatic rings. The van der Waals surface area contributed by atoms with E-state index in [-0.39, 0.29) is 11.7 Å². The van der Waals surface area contributed by atoms with Crippen LogP contribution in [0.3, 0.4) is 0 Å². The van der Waals surface area contributed by atoms with Gasteiger partial charge >= 0.3 is 6.18 Å². The number of alkyl halides is 3. The molecule has 1 aliphatic heterocycles. The fourth-order valence-corrected chi connectivity index (χ4v) is 2.16. The topological polar surface area (TPSA) is 15.3 Å². The predicted molar refractivity (Wildman–Crippen MR) is 61.1 cm³/mol. The van der Waals surface area contributed by atoms with E-state index in [4.69, 9.17) is 0 Å². The Balaban J connectivity index is 2.39. The quantitative estimate of drug-likeness (QED) is 0.783. The van der Waals surface area contributed by atoms with Gasteiger partial charge < -0.3 is 10.2 Å². The van der Waals surface area contributed by atoms with Crippen molar-refractivity contribution in [3.8, 4) is 0 Å². The first kappa shape index (κ1) is 13.1. The lowest BCUT2D eigenvalue weighted by atomic mass is 10.1. The third-order valence-electron chi connectivity index (χ3n) is 3.09. The molecule has 0 aromatic heterocycles. The molecule has 0 radical (unpaired) electrons. The van der Waals surface area contributed by atoms with Gasteiger partial charge in [0, 0.05) is 25.7 Å². The Morgan fingerprint density at radius 1 is 1.33 bits per heavy atom. The van der Waals surface area contributed by atoms with Gasteiger partial charge in [-0.1, -0.05) is 6.07 Å². The molecule has 1 saturated heterocycles. The monoisotopic (exact) mass is 262 g/mol. The number of hydrogen-bond donors (Lipinski definition) is 1. The molecule has 100 valence electrons. The summed E-state index contributed by atoms with van der Waals surface area (Å²) in [5.74, 6) is -1.18. The van der Waals surface area contributed by atoms with Crippen LogP contribution in [0, 0.1) is 5.82 Å². The first-order valence-corrected chi connectivity index (χ1v) is 5.74. The molecule has 1 N–H and O–H groups in total. The van der Waals surface area contributed by atoms with Crippen molar-refractivity contribution in [2.75, 3.05) is 24.5 Å². The molecule has 0 unspecified atom stereocenters. The van der Waals surface area contributed by atoms with Crippen LogP contribution >= 0.6 is 0 Å². The maximum Gasteiger partial charge on any atom is 0.419 e. The molecular formula is C12H14F4N2. The van der Waals surface area contributed by atoms with Crippen molar-refractivity contribution < 1.29 is 17.6 Å². The summed E-state index contributed by atoms with van der Waals surface area (Å²) < 4.78 is 51.8. The van der Waals surface area contributed by atoms with Crippen molar-refractivity contribution in [1.29, 1.82) is 0 Å². The van der Waals surface area contributed by atoms with E-state index in [1.165, 1.54) is 12.1 Å². The standard InChI is InChI=1S/C12H14F4N2/c1-8-7-17-5-6-18(8)10-4-2-3-9(11(10)13)12(14,15)16/h2-4,8,17H,5-7H2,1H3/t8-/m0/s1. The van der Waals surface area contributed by atoms with Crippen molar-refractivity contribution in [3.63, 3.8) is 0 Å². The van der Waals surface area contributed by atoms with Gasteiger partial charge in [0.2, 0.25) is 0 Å². The third kappa shape index (κ3) is 2.43. The highest BCUT2D eigenvalue weighted by atomic mass is 19.4. The van der Waals surface area contributed by atoms with Crippen LogP contribution in [0.25, 0.3) is 0 Å². The van der Waals surface area contributed by atoms with E-state index in [1.54, 1.807) is 4.90 Å². The van der Waals surface area contributed by atoms with Crippen LogP contribution in [-0.2, 0) is 6.18 Å². The molecule has 1 heterocycles. The number of rotatable bonds is 1. The van der Waals surface area contributed by atoms with E-state index in [1.807, 2.05) is 6.92 Å². The summed E-state index contributed by atoms with van der Waals surface area (Å²) in [7, 11) is 0. The van der Waals surface area contributed by atoms with Crippen LogP contribution in [0.2, 0.25) is 0 Å². The molecule has 18 heavy (non-hydrogen) atoms. The van der Waals surface area contributed by atoms with Crippen LogP contribution in [0.15, 0.2) is 18.2 Å². The van der Waals surface area contributed by atoms with Crippen LogP contribution in [0.5, 0.6) is 0 Å². The summed E-state index contributed by atoms with van der Waals surface area (Å²) >= 11 is 0. The molecular weight excluding hydrogens is 248 g/mol. The van der Waals surface area contributed by atoms with Crippen molar-refractivity contribution in [1.82, 2.24) is 5.32 Å². The van der Waals surface area contributed by atoms with Crippen LogP contribution in [-0.4, -0.2) is 25.7 Å². The largest absolute Gasteiger partial charge is 0.419 e. The van der Waals surface area contributed by atoms with Gasteiger partial charge in [0.25, 0.3) is 0 Å². The van der Waals surface area contributed by atoms with Gasteiger partial charge in [-0.2, -0.15) is 13.2 Å². The number of hydrogen-bond acceptors (Lipinski definition) is 2. The van der Waals surface area contributed by atoms with E-state index in [0.29, 0.717) is 19.6 Å². The Hall–Kier alpha value is -1.30. The Kier molecular flexibility index (Phi) is 3.47. The molecule has 6 heteroatoms. The molecule has 1 fully saturated rings. The molecule has 0 bridgehead atoms. The maximum atomic E-state index is 13.9. The fraction of sp³-hybridized carbons (Fsp3) is 0.500. The van der Waals surface area contributed by atoms with Gasteiger partial charge in [-0.15, -0.1) is 0 Å². The van der Waals surface area contributed by atoms with Crippen molar-refractivity contribution in [3.05, 3.63) is 29.6 Å². The van der Waals surface area contributed by atoms with Gasteiger partial charge in [-0.25, -0.2) is 4.39 Å². The molecule has 2 rings (SSSR count). The lowest BCUT2D eigenvalue weighted by Gasteiger charge is -2.36. The first-order valence-electron chi connectivity index (χ1n) is 5.74. The summed E-state index contributed by atoms with van der Waals surface area (Å²) in [5.41, 5.74) is -1.18. The summed E-state index contributed by atoms with van der Waals surface area (Å²) in [5, 5.41) is 3.11. The molecule has 0 amide bonds. The highest BCUT2D eigenvalue weighted by molar-refractivity contribution is 5.52. The second-order valence-electron chi connectivity index (χ2n) is 4.38. The number of nitrogens with zero attached hydrogens (tertiary/aromatic N) is 1. The zero-order valence-corrected chi connectivity index (χ0v) is 9.89. The van der Waals surface area contributed by atoms with Gasteiger partial charge in [0.15, 0.2) is 5.82 Å². The predicted octanol–water partition coefficient (Wildman–Crippen LogP) is 2.64. The average molecular weight is 262 g/mol. The Labute approximate surface area is 103 Å². The smallest absolute Gasteiger partial charge is 0.364 e. The summed E-state index contributed by atoms with van der Waals surface area (Å²) in [6, 6.07) is 3.38. The maximum absolute atomic E-state index is 13.9. The van der Waals surface area contributed by atoms with E-state index in [2.05, 4.69) is 5.32 Å². The minimum absolute atomic E-state index is 0.0267. The Morgan fingerprint density at radius 3 is 2.67 bits per heavy atom. The number of halogens is 4. The molecule has 0 spiro atoms. The lowest BCUT2D eigenvalue weighted by Crippen LogP contribution is -2.50. The minimum atomic E-state index is -4.66. The zero-order valence-electron chi connectivity index (χ0n) is 9.89. The lowest BCUT2D eigenvalue weighted by molar-refractivity contribution is -0.139. The zero-order chi connectivity index (χ0) is 13.3. The summed E-state index contributed by atoms with van der Waals surface area (Å²) in [6.07, 6.45) is -4.66. The Bertz CT molecular complexity index is 431. The Morgan fingerprint density at radius 2 is 2.06 bits per heavy atom. The molecule has 1 aromatic carbocycles. The number of benzene rings is 1. The molecule has 1 aliphatic rings. The molecule has 0 aliphatic carbocycles. The minimum Gasteiger partial charge on any atom is -0.364 e. The molecule has 1 atom stereocenters. The van der Waals surface area contributed by atoms with Crippen LogP contribution < -0.4 is 10.2 Å². The van der Waals surface area contributed by atoms with E-state index in [9.17, 15) is 17.6 Å². The van der Waals surface area contributed by atoms with Crippen molar-refractivity contribution in [2.45, 2.75) is 19.1 Å². The van der Waals surface area contributed by atoms with E-state index < -0.39 is 17.6 Å². The first-order chi connectivity index (χ1) is 8.41. The van der Waals surface area contributed by atoms with E-state index >= 15 is 0 Å². The van der Waals surface area contributed by atoms with Gasteiger partial charge in [-0.3, -0.25) is 0 Å². The van der Waals surface area contributed by atoms with Crippen LogP contribution in [0.4, 0.5) is 23.2 Å². The SMILES string of the molecule is C[C@H]1CNCCN1c1cccc(C(F)(F)F)c1F. The van der Waals surface area contributed by atoms with E-state index in [0.717, 1.165) is 6.07 Å². The average Bonchev–Trinajstić information content (AvgIpc) is 2.29. The highest BCUT2D eigenvalue weighted by Crippen LogP contribution is 2.35. The summed E-state index contributed by atoms with van der Waals surface area (Å²) in [6.45, 7) is 3.63. The molecule has 0 saturated carbocycles. The van der Waals surface area contributed by atoms with Gasteiger partial charge in [0.1, 0.15) is 0 Å². The second-order valence-corrected chi connectivity index (χ2v) is 4.38. The summed E-state index contributed by atoms with van der Waals surface area (Å²) in [4.78, 5) is 1.67. The normalized spacial score (nSPS) is 21.2. The third-order valence-corrected chi connectivity index (χ3v) is 3.09. The van der Waals surface area contributed by atoms with Crippen LogP contribution in [0.1, 0.15) is 12.5 Å². The van der Waals surface area contributed by atoms with Gasteiger partial charge in [0.05, 0.1) is 11.3 Å². The van der Waals surface area contributed by atoms with Crippen molar-refractivity contribution in [2.24, 2.45) is 0 Å².